The molecule has 1 amide bonds. The zero-order chi connectivity index (χ0) is 15.4. The van der Waals surface area contributed by atoms with E-state index in [1.165, 1.54) is 12.1 Å². The molecule has 0 unspecified atom stereocenters. The third kappa shape index (κ3) is 4.08. The van der Waals surface area contributed by atoms with Gasteiger partial charge in [-0.15, -0.1) is 0 Å². The molecule has 112 valence electrons. The Kier molecular flexibility index (Phi) is 4.62. The number of anilines is 1. The summed E-state index contributed by atoms with van der Waals surface area (Å²) in [7, 11) is 0. The number of hydrogen-bond donors (Lipinski definition) is 0. The highest BCUT2D eigenvalue weighted by Gasteiger charge is 2.21. The van der Waals surface area contributed by atoms with Gasteiger partial charge in [0.2, 0.25) is 5.91 Å². The molecule has 4 nitrogen and oxygen atoms in total. The van der Waals surface area contributed by atoms with E-state index in [1.54, 1.807) is 13.0 Å². The van der Waals surface area contributed by atoms with Crippen LogP contribution in [-0.2, 0) is 11.2 Å². The number of carbonyl (C=O) groups excluding carboxylic acids is 1. The van der Waals surface area contributed by atoms with Crippen molar-refractivity contribution in [2.45, 2.75) is 19.8 Å². The van der Waals surface area contributed by atoms with Gasteiger partial charge in [0.1, 0.15) is 11.6 Å². The molecule has 7 heteroatoms. The molecule has 0 fully saturated rings. The number of amides is 1. The van der Waals surface area contributed by atoms with E-state index in [0.29, 0.717) is 11.5 Å². The first kappa shape index (κ1) is 15.1. The number of carbonyl (C=O) groups is 1. The van der Waals surface area contributed by atoms with Crippen LogP contribution >= 0.6 is 0 Å². The van der Waals surface area contributed by atoms with Crippen LogP contribution in [-0.4, -0.2) is 24.0 Å². The van der Waals surface area contributed by atoms with E-state index >= 15 is 0 Å². The number of nitrogens with zero attached hydrogens (tertiary/aromatic N) is 2. The molecule has 1 aromatic heterocycles. The summed E-state index contributed by atoms with van der Waals surface area (Å²) < 4.78 is 43.0. The van der Waals surface area contributed by atoms with Crippen molar-refractivity contribution < 1.29 is 22.5 Å². The molecule has 0 aliphatic rings. The maximum absolute atomic E-state index is 12.9. The Labute approximate surface area is 119 Å². The maximum Gasteiger partial charge on any atom is 0.256 e. The summed E-state index contributed by atoms with van der Waals surface area (Å²) in [6.07, 6.45) is -2.86. The van der Waals surface area contributed by atoms with Gasteiger partial charge in [-0.25, -0.2) is 13.2 Å². The molecule has 0 aliphatic carbocycles. The lowest BCUT2D eigenvalue weighted by molar-refractivity contribution is -0.118. The fourth-order valence-electron chi connectivity index (χ4n) is 1.86. The second-order valence-electron chi connectivity index (χ2n) is 4.48. The van der Waals surface area contributed by atoms with Crippen LogP contribution in [0.15, 0.2) is 34.9 Å². The Morgan fingerprint density at radius 3 is 2.52 bits per heavy atom. The van der Waals surface area contributed by atoms with Gasteiger partial charge in [-0.1, -0.05) is 5.16 Å². The summed E-state index contributed by atoms with van der Waals surface area (Å²) in [4.78, 5) is 13.1. The zero-order valence-electron chi connectivity index (χ0n) is 11.2. The van der Waals surface area contributed by atoms with Crippen molar-refractivity contribution in [1.82, 2.24) is 5.16 Å². The van der Waals surface area contributed by atoms with Gasteiger partial charge >= 0.3 is 0 Å². The van der Waals surface area contributed by atoms with Crippen molar-refractivity contribution in [1.29, 1.82) is 0 Å². The summed E-state index contributed by atoms with van der Waals surface area (Å²) in [6, 6.07) is 6.35. The van der Waals surface area contributed by atoms with Crippen molar-refractivity contribution >= 4 is 11.6 Å². The molecule has 0 saturated carbocycles. The predicted molar refractivity (Wildman–Crippen MR) is 69.7 cm³/mol. The highest BCUT2D eigenvalue weighted by atomic mass is 19.3. The number of benzene rings is 1. The monoisotopic (exact) mass is 298 g/mol. The first-order valence-corrected chi connectivity index (χ1v) is 6.22. The minimum atomic E-state index is -2.70. The van der Waals surface area contributed by atoms with Gasteiger partial charge in [-0.3, -0.25) is 4.79 Å². The zero-order valence-corrected chi connectivity index (χ0v) is 11.2. The van der Waals surface area contributed by atoms with Gasteiger partial charge in [0.15, 0.2) is 0 Å². The lowest BCUT2D eigenvalue weighted by atomic mass is 10.2. The van der Waals surface area contributed by atoms with Crippen LogP contribution in [0.5, 0.6) is 0 Å². The van der Waals surface area contributed by atoms with Crippen LogP contribution in [0.4, 0.5) is 18.9 Å². The predicted octanol–water partition coefficient (Wildman–Crippen LogP) is 2.96. The molecule has 0 spiro atoms. The quantitative estimate of drug-likeness (QED) is 0.852. The van der Waals surface area contributed by atoms with Gasteiger partial charge < -0.3 is 9.42 Å². The molecule has 2 aromatic rings. The average molecular weight is 298 g/mol. The number of alkyl halides is 2. The molecule has 0 atom stereocenters. The fourth-order valence-corrected chi connectivity index (χ4v) is 1.86. The van der Waals surface area contributed by atoms with Crippen LogP contribution in [0, 0.1) is 12.7 Å². The van der Waals surface area contributed by atoms with Gasteiger partial charge in [0.05, 0.1) is 18.7 Å². The standard InChI is InChI=1S/C14H13F3N2O2/c1-9-6-11(18-21-9)7-14(20)19(8-13(16)17)12-4-2-10(15)3-5-12/h2-6,13H,7-8H2,1H3. The maximum atomic E-state index is 12.9. The Bertz CT molecular complexity index is 611. The van der Waals surface area contributed by atoms with Crippen LogP contribution in [0.2, 0.25) is 0 Å². The van der Waals surface area contributed by atoms with Gasteiger partial charge in [0, 0.05) is 11.8 Å². The summed E-state index contributed by atoms with van der Waals surface area (Å²) in [5.74, 6) is -0.537. The van der Waals surface area contributed by atoms with E-state index in [4.69, 9.17) is 4.52 Å². The van der Waals surface area contributed by atoms with Crippen LogP contribution in [0.1, 0.15) is 11.5 Å². The second-order valence-corrected chi connectivity index (χ2v) is 4.48. The number of hydrogen-bond acceptors (Lipinski definition) is 3. The van der Waals surface area contributed by atoms with Crippen molar-refractivity contribution in [3.8, 4) is 0 Å². The topological polar surface area (TPSA) is 46.3 Å². The Morgan fingerprint density at radius 1 is 1.33 bits per heavy atom. The van der Waals surface area contributed by atoms with Crippen LogP contribution in [0.25, 0.3) is 0 Å². The highest BCUT2D eigenvalue weighted by Crippen LogP contribution is 2.18. The smallest absolute Gasteiger partial charge is 0.256 e. The molecular formula is C14H13F3N2O2. The molecule has 0 saturated heterocycles. The van der Waals surface area contributed by atoms with E-state index in [9.17, 15) is 18.0 Å². The number of aryl methyl sites for hydroxylation is 1. The molecule has 0 aliphatic heterocycles. The lowest BCUT2D eigenvalue weighted by Crippen LogP contribution is -2.36. The molecule has 0 bridgehead atoms. The van der Waals surface area contributed by atoms with Crippen molar-refractivity contribution in [3.05, 3.63) is 47.6 Å². The minimum absolute atomic E-state index is 0.165. The van der Waals surface area contributed by atoms with Crippen LogP contribution < -0.4 is 4.90 Å². The van der Waals surface area contributed by atoms with Crippen molar-refractivity contribution in [2.24, 2.45) is 0 Å². The average Bonchev–Trinajstić information content (AvgIpc) is 2.82. The molecule has 1 heterocycles. The summed E-state index contributed by atoms with van der Waals surface area (Å²) in [5, 5.41) is 3.66. The number of aromatic nitrogens is 1. The molecule has 1 aromatic carbocycles. The summed E-state index contributed by atoms with van der Waals surface area (Å²) in [6.45, 7) is 0.902. The Balaban J connectivity index is 2.18. The van der Waals surface area contributed by atoms with E-state index in [0.717, 1.165) is 17.0 Å². The normalized spacial score (nSPS) is 10.9. The number of halogens is 3. The molecule has 2 rings (SSSR count). The van der Waals surface area contributed by atoms with Gasteiger partial charge in [-0.05, 0) is 31.2 Å². The Hall–Kier alpha value is -2.31. The van der Waals surface area contributed by atoms with Gasteiger partial charge in [-0.2, -0.15) is 0 Å². The molecule has 0 radical (unpaired) electrons. The summed E-state index contributed by atoms with van der Waals surface area (Å²) in [5.41, 5.74) is 0.570. The third-order valence-electron chi connectivity index (χ3n) is 2.77. The van der Waals surface area contributed by atoms with Crippen molar-refractivity contribution in [2.75, 3.05) is 11.4 Å². The third-order valence-corrected chi connectivity index (χ3v) is 2.77. The van der Waals surface area contributed by atoms with E-state index < -0.39 is 24.7 Å². The molecule has 21 heavy (non-hydrogen) atoms. The van der Waals surface area contributed by atoms with Crippen LogP contribution in [0.3, 0.4) is 0 Å². The number of rotatable bonds is 5. The second kappa shape index (κ2) is 6.43. The van der Waals surface area contributed by atoms with Crippen molar-refractivity contribution in [3.63, 3.8) is 0 Å². The largest absolute Gasteiger partial charge is 0.361 e. The Morgan fingerprint density at radius 2 is 2.00 bits per heavy atom. The minimum Gasteiger partial charge on any atom is -0.361 e. The van der Waals surface area contributed by atoms with E-state index in [1.807, 2.05) is 0 Å². The molecule has 0 N–H and O–H groups in total. The fraction of sp³-hybridized carbons (Fsp3) is 0.286. The summed E-state index contributed by atoms with van der Waals surface area (Å²) >= 11 is 0. The SMILES string of the molecule is Cc1cc(CC(=O)N(CC(F)F)c2ccc(F)cc2)no1. The highest BCUT2D eigenvalue weighted by molar-refractivity contribution is 5.94. The lowest BCUT2D eigenvalue weighted by Gasteiger charge is -2.22. The van der Waals surface area contributed by atoms with E-state index in [-0.39, 0.29) is 12.1 Å². The van der Waals surface area contributed by atoms with E-state index in [2.05, 4.69) is 5.16 Å². The molecular weight excluding hydrogens is 285 g/mol. The van der Waals surface area contributed by atoms with Gasteiger partial charge in [0.25, 0.3) is 6.43 Å². The first-order valence-electron chi connectivity index (χ1n) is 6.22. The first-order chi connectivity index (χ1) is 9.95.